The number of sulfone groups is 1. The predicted molar refractivity (Wildman–Crippen MR) is 115 cm³/mol. The van der Waals surface area contributed by atoms with Crippen LogP contribution in [0.5, 0.6) is 0 Å². The number of fused-ring (bicyclic) bond motifs is 1. The third kappa shape index (κ3) is 4.23. The molecule has 0 N–H and O–H groups in total. The molecule has 2 aliphatic heterocycles. The Morgan fingerprint density at radius 3 is 2.59 bits per heavy atom. The van der Waals surface area contributed by atoms with E-state index in [4.69, 9.17) is 0 Å². The minimum absolute atomic E-state index is 0.0225. The van der Waals surface area contributed by atoms with Gasteiger partial charge in [-0.2, -0.15) is 4.99 Å². The molecule has 0 aliphatic carbocycles. The maximum atomic E-state index is 14.2. The van der Waals surface area contributed by atoms with Gasteiger partial charge in [-0.3, -0.25) is 4.79 Å². The molecule has 2 saturated heterocycles. The lowest BCUT2D eigenvalue weighted by Gasteiger charge is -2.24. The number of carbonyl (C=O) groups excluding carboxylic acids is 1. The van der Waals surface area contributed by atoms with Crippen molar-refractivity contribution in [1.29, 1.82) is 0 Å². The van der Waals surface area contributed by atoms with Gasteiger partial charge in [0, 0.05) is 10.9 Å². The molecule has 152 valence electrons. The highest BCUT2D eigenvalue weighted by Gasteiger charge is 2.49. The summed E-state index contributed by atoms with van der Waals surface area (Å²) in [6.07, 6.45) is 0.161. The molecule has 2 fully saturated rings. The average molecular weight is 433 g/mol. The van der Waals surface area contributed by atoms with Crippen molar-refractivity contribution in [1.82, 2.24) is 0 Å². The van der Waals surface area contributed by atoms with E-state index in [2.05, 4.69) is 4.99 Å². The van der Waals surface area contributed by atoms with Crippen LogP contribution in [0.15, 0.2) is 47.5 Å². The van der Waals surface area contributed by atoms with Crippen LogP contribution in [0.25, 0.3) is 0 Å². The van der Waals surface area contributed by atoms with Gasteiger partial charge >= 0.3 is 0 Å². The smallest absolute Gasteiger partial charge is 0.252 e. The predicted octanol–water partition coefficient (Wildman–Crippen LogP) is 3.29. The molecule has 0 unspecified atom stereocenters. The lowest BCUT2D eigenvalue weighted by molar-refractivity contribution is -0.117. The fourth-order valence-electron chi connectivity index (χ4n) is 3.62. The number of amidine groups is 1. The van der Waals surface area contributed by atoms with Gasteiger partial charge in [0.25, 0.3) is 5.91 Å². The number of hydrogen-bond acceptors (Lipinski definition) is 4. The van der Waals surface area contributed by atoms with Crippen LogP contribution in [0.2, 0.25) is 0 Å². The summed E-state index contributed by atoms with van der Waals surface area (Å²) < 4.78 is 38.4. The summed E-state index contributed by atoms with van der Waals surface area (Å²) in [5.74, 6) is -0.664. The molecule has 2 aliphatic rings. The summed E-state index contributed by atoms with van der Waals surface area (Å²) in [4.78, 5) is 18.6. The van der Waals surface area contributed by atoms with Crippen molar-refractivity contribution in [3.63, 3.8) is 0 Å². The molecule has 0 saturated carbocycles. The van der Waals surface area contributed by atoms with Crippen LogP contribution < -0.4 is 4.90 Å². The highest BCUT2D eigenvalue weighted by atomic mass is 32.2. The zero-order chi connectivity index (χ0) is 20.8. The van der Waals surface area contributed by atoms with Gasteiger partial charge in [0.1, 0.15) is 5.82 Å². The first-order valence-electron chi connectivity index (χ1n) is 9.31. The Hall–Kier alpha value is -2.19. The van der Waals surface area contributed by atoms with Crippen LogP contribution in [0, 0.1) is 19.7 Å². The first kappa shape index (κ1) is 20.1. The Morgan fingerprint density at radius 2 is 1.90 bits per heavy atom. The number of rotatable bonds is 3. The fourth-order valence-corrected chi connectivity index (χ4v) is 7.56. The molecular weight excluding hydrogens is 411 g/mol. The zero-order valence-corrected chi connectivity index (χ0v) is 17.8. The summed E-state index contributed by atoms with van der Waals surface area (Å²) in [6.45, 7) is 3.65. The van der Waals surface area contributed by atoms with Crippen molar-refractivity contribution in [2.45, 2.75) is 31.6 Å². The number of nitrogens with zero attached hydrogens (tertiary/aromatic N) is 2. The van der Waals surface area contributed by atoms with Gasteiger partial charge in [0.2, 0.25) is 0 Å². The van der Waals surface area contributed by atoms with Crippen molar-refractivity contribution in [2.24, 2.45) is 4.99 Å². The van der Waals surface area contributed by atoms with E-state index in [1.807, 2.05) is 31.2 Å². The van der Waals surface area contributed by atoms with Crippen LogP contribution >= 0.6 is 11.8 Å². The number of aliphatic imine (C=N–C) groups is 1. The molecule has 29 heavy (non-hydrogen) atoms. The number of anilines is 1. The molecule has 2 aromatic rings. The minimum atomic E-state index is -3.17. The molecule has 0 aromatic heterocycles. The largest absolute Gasteiger partial charge is 0.315 e. The Labute approximate surface area is 173 Å². The van der Waals surface area contributed by atoms with E-state index >= 15 is 0 Å². The lowest BCUT2D eigenvalue weighted by Crippen LogP contribution is -2.37. The molecular formula is C21H21FN2O3S2. The third-order valence-electron chi connectivity index (χ3n) is 5.20. The number of thioether (sulfide) groups is 1. The quantitative estimate of drug-likeness (QED) is 0.745. The fraction of sp³-hybridized carbons (Fsp3) is 0.333. The molecule has 2 aromatic carbocycles. The van der Waals surface area contributed by atoms with E-state index < -0.39 is 9.84 Å². The Morgan fingerprint density at radius 1 is 1.17 bits per heavy atom. The van der Waals surface area contributed by atoms with Gasteiger partial charge in [-0.15, -0.1) is 0 Å². The van der Waals surface area contributed by atoms with E-state index in [0.717, 1.165) is 11.1 Å². The standard InChI is InChI=1S/C21H21FN2O3S2/c1-13-3-6-15(7-4-13)9-20(25)23-21-24(16-8-5-14(2)17(22)10-16)18-11-29(26,27)12-19(18)28-21/h3-8,10,18-19H,9,11-12H2,1-2H3/t18-,19-/m1/s1. The van der Waals surface area contributed by atoms with Gasteiger partial charge in [-0.25, -0.2) is 12.8 Å². The number of halogens is 1. The molecule has 2 atom stereocenters. The van der Waals surface area contributed by atoms with Crippen LogP contribution in [0.4, 0.5) is 10.1 Å². The van der Waals surface area contributed by atoms with Crippen LogP contribution in [-0.2, 0) is 21.1 Å². The summed E-state index contributed by atoms with van der Waals surface area (Å²) in [5.41, 5.74) is 3.00. The Bertz CT molecular complexity index is 1100. The summed E-state index contributed by atoms with van der Waals surface area (Å²) in [5, 5.41) is 0.227. The summed E-state index contributed by atoms with van der Waals surface area (Å²) in [6, 6.07) is 12.1. The monoisotopic (exact) mass is 432 g/mol. The van der Waals surface area contributed by atoms with Crippen molar-refractivity contribution in [3.8, 4) is 0 Å². The first-order chi connectivity index (χ1) is 13.7. The number of carbonyl (C=O) groups is 1. The second-order valence-electron chi connectivity index (χ2n) is 7.55. The van der Waals surface area contributed by atoms with E-state index in [-0.39, 0.29) is 40.9 Å². The third-order valence-corrected chi connectivity index (χ3v) is 8.41. The van der Waals surface area contributed by atoms with E-state index in [9.17, 15) is 17.6 Å². The van der Waals surface area contributed by atoms with Crippen LogP contribution in [-0.4, -0.2) is 42.3 Å². The molecule has 4 rings (SSSR count). The normalized spacial score (nSPS) is 24.1. The average Bonchev–Trinajstić information content (AvgIpc) is 3.10. The summed E-state index contributed by atoms with van der Waals surface area (Å²) in [7, 11) is -3.17. The van der Waals surface area contributed by atoms with Gasteiger partial charge in [-0.1, -0.05) is 47.7 Å². The van der Waals surface area contributed by atoms with Crippen molar-refractivity contribution < 1.29 is 17.6 Å². The second kappa shape index (κ2) is 7.57. The SMILES string of the molecule is Cc1ccc(CC(=O)N=C2S[C@@H]3CS(=O)(=O)C[C@H]3N2c2ccc(C)c(F)c2)cc1. The molecule has 0 spiro atoms. The van der Waals surface area contributed by atoms with Gasteiger partial charge in [-0.05, 0) is 37.1 Å². The number of amides is 1. The second-order valence-corrected chi connectivity index (χ2v) is 10.9. The van der Waals surface area contributed by atoms with E-state index in [1.165, 1.54) is 17.8 Å². The first-order valence-corrected chi connectivity index (χ1v) is 12.0. The molecule has 1 amide bonds. The Kier molecular flexibility index (Phi) is 5.25. The number of benzene rings is 2. The molecule has 8 heteroatoms. The maximum Gasteiger partial charge on any atom is 0.252 e. The van der Waals surface area contributed by atoms with Crippen molar-refractivity contribution >= 4 is 38.4 Å². The van der Waals surface area contributed by atoms with Crippen molar-refractivity contribution in [2.75, 3.05) is 16.4 Å². The number of hydrogen-bond donors (Lipinski definition) is 0. The number of aryl methyl sites for hydroxylation is 2. The molecule has 0 bridgehead atoms. The summed E-state index contributed by atoms with van der Waals surface area (Å²) >= 11 is 1.29. The molecule has 5 nitrogen and oxygen atoms in total. The highest BCUT2D eigenvalue weighted by Crippen LogP contribution is 2.41. The van der Waals surface area contributed by atoms with Gasteiger partial charge < -0.3 is 4.90 Å². The zero-order valence-electron chi connectivity index (χ0n) is 16.1. The van der Waals surface area contributed by atoms with Crippen LogP contribution in [0.1, 0.15) is 16.7 Å². The van der Waals surface area contributed by atoms with E-state index in [0.29, 0.717) is 16.4 Å². The lowest BCUT2D eigenvalue weighted by atomic mass is 10.1. The van der Waals surface area contributed by atoms with Gasteiger partial charge in [0.05, 0.1) is 24.0 Å². The van der Waals surface area contributed by atoms with E-state index in [1.54, 1.807) is 24.0 Å². The Balaban J connectivity index is 1.65. The van der Waals surface area contributed by atoms with Crippen LogP contribution in [0.3, 0.4) is 0 Å². The molecule has 2 heterocycles. The highest BCUT2D eigenvalue weighted by molar-refractivity contribution is 8.16. The van der Waals surface area contributed by atoms with Gasteiger partial charge in [0.15, 0.2) is 15.0 Å². The van der Waals surface area contributed by atoms with Crippen molar-refractivity contribution in [3.05, 3.63) is 65.0 Å². The minimum Gasteiger partial charge on any atom is -0.315 e. The maximum absolute atomic E-state index is 14.2. The topological polar surface area (TPSA) is 66.8 Å². The molecule has 0 radical (unpaired) electrons.